The zero-order valence-electron chi connectivity index (χ0n) is 16.5. The Balaban J connectivity index is 1.31. The summed E-state index contributed by atoms with van der Waals surface area (Å²) in [5.41, 5.74) is 2.55. The standard InChI is InChI=1S/C23H24N2O4/c1-17-20(25-22(29-17)19-6-3-2-4-7-19)10-13-27-21-9-8-18(15-24-21)14-23(28-16-26)11-5-12-23/h2-4,6-9,15-16H,5,10-14H2,1H3. The molecule has 4 rings (SSSR count). The van der Waals surface area contributed by atoms with Crippen LogP contribution in [0.4, 0.5) is 0 Å². The van der Waals surface area contributed by atoms with E-state index in [2.05, 4.69) is 9.97 Å². The number of pyridine rings is 1. The van der Waals surface area contributed by atoms with E-state index in [1.54, 1.807) is 6.20 Å². The van der Waals surface area contributed by atoms with Crippen LogP contribution in [0.3, 0.4) is 0 Å². The second kappa shape index (κ2) is 8.47. The van der Waals surface area contributed by atoms with Crippen molar-refractivity contribution in [2.45, 2.75) is 44.6 Å². The number of benzene rings is 1. The van der Waals surface area contributed by atoms with Gasteiger partial charge in [-0.3, -0.25) is 4.79 Å². The summed E-state index contributed by atoms with van der Waals surface area (Å²) in [6, 6.07) is 13.7. The molecule has 0 bridgehead atoms. The van der Waals surface area contributed by atoms with Gasteiger partial charge < -0.3 is 13.9 Å². The number of hydrogen-bond donors (Lipinski definition) is 0. The third-order valence-electron chi connectivity index (χ3n) is 5.39. The van der Waals surface area contributed by atoms with Crippen LogP contribution in [0.25, 0.3) is 11.5 Å². The van der Waals surface area contributed by atoms with Gasteiger partial charge >= 0.3 is 0 Å². The molecule has 0 amide bonds. The molecule has 0 aliphatic heterocycles. The molecule has 6 heteroatoms. The zero-order valence-corrected chi connectivity index (χ0v) is 16.5. The fraction of sp³-hybridized carbons (Fsp3) is 0.348. The Hall–Kier alpha value is -3.15. The van der Waals surface area contributed by atoms with E-state index in [0.717, 1.165) is 41.8 Å². The summed E-state index contributed by atoms with van der Waals surface area (Å²) in [6.07, 6.45) is 6.04. The van der Waals surface area contributed by atoms with Crippen molar-refractivity contribution in [1.29, 1.82) is 0 Å². The number of rotatable bonds is 9. The maximum atomic E-state index is 10.7. The monoisotopic (exact) mass is 392 g/mol. The molecule has 150 valence electrons. The number of oxazole rings is 1. The fourth-order valence-electron chi connectivity index (χ4n) is 3.60. The molecule has 3 aromatic rings. The van der Waals surface area contributed by atoms with Crippen molar-refractivity contribution in [3.63, 3.8) is 0 Å². The van der Waals surface area contributed by atoms with E-state index in [1.165, 1.54) is 0 Å². The van der Waals surface area contributed by atoms with Gasteiger partial charge in [0.15, 0.2) is 0 Å². The van der Waals surface area contributed by atoms with Crippen LogP contribution >= 0.6 is 0 Å². The lowest BCUT2D eigenvalue weighted by Crippen LogP contribution is -2.42. The Morgan fingerprint density at radius 1 is 1.17 bits per heavy atom. The highest BCUT2D eigenvalue weighted by molar-refractivity contribution is 5.53. The van der Waals surface area contributed by atoms with Gasteiger partial charge in [0.05, 0.1) is 12.3 Å². The van der Waals surface area contributed by atoms with Crippen molar-refractivity contribution in [1.82, 2.24) is 9.97 Å². The first kappa shape index (κ1) is 19.2. The zero-order chi connectivity index (χ0) is 20.1. The summed E-state index contributed by atoms with van der Waals surface area (Å²) in [5, 5.41) is 0. The Labute approximate surface area is 169 Å². The molecule has 1 saturated carbocycles. The van der Waals surface area contributed by atoms with Crippen LogP contribution in [0, 0.1) is 6.92 Å². The molecule has 6 nitrogen and oxygen atoms in total. The minimum Gasteiger partial charge on any atom is -0.477 e. The predicted octanol–water partition coefficient (Wildman–Crippen LogP) is 4.30. The quantitative estimate of drug-likeness (QED) is 0.505. The van der Waals surface area contributed by atoms with Gasteiger partial charge in [-0.15, -0.1) is 0 Å². The third kappa shape index (κ3) is 4.47. The molecular formula is C23H24N2O4. The minimum atomic E-state index is -0.341. The molecule has 29 heavy (non-hydrogen) atoms. The number of aromatic nitrogens is 2. The van der Waals surface area contributed by atoms with Crippen LogP contribution in [-0.2, 0) is 22.4 Å². The average molecular weight is 392 g/mol. The van der Waals surface area contributed by atoms with Gasteiger partial charge in [0.2, 0.25) is 11.8 Å². The lowest BCUT2D eigenvalue weighted by Gasteiger charge is -2.39. The summed E-state index contributed by atoms with van der Waals surface area (Å²) in [6.45, 7) is 2.94. The van der Waals surface area contributed by atoms with E-state index in [-0.39, 0.29) is 5.60 Å². The summed E-state index contributed by atoms with van der Waals surface area (Å²) in [4.78, 5) is 19.7. The van der Waals surface area contributed by atoms with Gasteiger partial charge in [0.25, 0.3) is 6.47 Å². The summed E-state index contributed by atoms with van der Waals surface area (Å²) >= 11 is 0. The molecule has 0 saturated heterocycles. The van der Waals surface area contributed by atoms with Gasteiger partial charge in [-0.05, 0) is 43.9 Å². The molecule has 0 N–H and O–H groups in total. The fourth-order valence-corrected chi connectivity index (χ4v) is 3.60. The molecule has 0 radical (unpaired) electrons. The number of hydrogen-bond acceptors (Lipinski definition) is 6. The number of nitrogens with zero attached hydrogens (tertiary/aromatic N) is 2. The third-order valence-corrected chi connectivity index (χ3v) is 5.39. The van der Waals surface area contributed by atoms with Gasteiger partial charge in [0.1, 0.15) is 11.4 Å². The van der Waals surface area contributed by atoms with Crippen LogP contribution in [0.1, 0.15) is 36.3 Å². The number of ether oxygens (including phenoxy) is 2. The lowest BCUT2D eigenvalue weighted by atomic mass is 9.76. The Morgan fingerprint density at radius 3 is 2.66 bits per heavy atom. The first-order valence-corrected chi connectivity index (χ1v) is 9.88. The molecule has 2 aromatic heterocycles. The molecule has 0 spiro atoms. The second-order valence-corrected chi connectivity index (χ2v) is 7.42. The molecule has 0 atom stereocenters. The number of carbonyl (C=O) groups is 1. The van der Waals surface area contributed by atoms with Gasteiger partial charge in [-0.25, -0.2) is 9.97 Å². The topological polar surface area (TPSA) is 74.5 Å². The van der Waals surface area contributed by atoms with E-state index >= 15 is 0 Å². The van der Waals surface area contributed by atoms with Crippen LogP contribution in [0.5, 0.6) is 5.88 Å². The van der Waals surface area contributed by atoms with Crippen molar-refractivity contribution >= 4 is 6.47 Å². The Kier molecular flexibility index (Phi) is 5.60. The van der Waals surface area contributed by atoms with E-state index in [4.69, 9.17) is 13.9 Å². The largest absolute Gasteiger partial charge is 0.477 e. The maximum absolute atomic E-state index is 10.7. The molecule has 0 unspecified atom stereocenters. The average Bonchev–Trinajstić information content (AvgIpc) is 3.09. The SMILES string of the molecule is Cc1oc(-c2ccccc2)nc1CCOc1ccc(CC2(OC=O)CCC2)cn1. The minimum absolute atomic E-state index is 0.341. The van der Waals surface area contributed by atoms with Crippen molar-refractivity contribution < 1.29 is 18.7 Å². The molecular weight excluding hydrogens is 368 g/mol. The van der Waals surface area contributed by atoms with E-state index in [9.17, 15) is 4.79 Å². The van der Waals surface area contributed by atoms with Crippen molar-refractivity contribution in [3.8, 4) is 17.3 Å². The van der Waals surface area contributed by atoms with Crippen LogP contribution in [-0.4, -0.2) is 28.6 Å². The van der Waals surface area contributed by atoms with Crippen LogP contribution in [0.2, 0.25) is 0 Å². The summed E-state index contributed by atoms with van der Waals surface area (Å²) < 4.78 is 16.9. The molecule has 2 heterocycles. The van der Waals surface area contributed by atoms with Crippen molar-refractivity contribution in [3.05, 3.63) is 65.7 Å². The second-order valence-electron chi connectivity index (χ2n) is 7.42. The Morgan fingerprint density at radius 2 is 2.00 bits per heavy atom. The highest BCUT2D eigenvalue weighted by atomic mass is 16.5. The molecule has 1 fully saturated rings. The molecule has 1 aromatic carbocycles. The predicted molar refractivity (Wildman–Crippen MR) is 108 cm³/mol. The summed E-state index contributed by atoms with van der Waals surface area (Å²) in [7, 11) is 0. The van der Waals surface area contributed by atoms with E-state index < -0.39 is 0 Å². The maximum Gasteiger partial charge on any atom is 0.293 e. The van der Waals surface area contributed by atoms with Crippen LogP contribution in [0.15, 0.2) is 53.1 Å². The van der Waals surface area contributed by atoms with Crippen molar-refractivity contribution in [2.24, 2.45) is 0 Å². The van der Waals surface area contributed by atoms with E-state index in [0.29, 0.717) is 37.7 Å². The Bertz CT molecular complexity index is 947. The highest BCUT2D eigenvalue weighted by Gasteiger charge is 2.39. The molecule has 1 aliphatic rings. The first-order chi connectivity index (χ1) is 14.2. The summed E-state index contributed by atoms with van der Waals surface area (Å²) in [5.74, 6) is 2.00. The molecule has 1 aliphatic carbocycles. The first-order valence-electron chi connectivity index (χ1n) is 9.88. The van der Waals surface area contributed by atoms with Gasteiger partial charge in [-0.2, -0.15) is 0 Å². The van der Waals surface area contributed by atoms with Gasteiger partial charge in [-0.1, -0.05) is 24.3 Å². The van der Waals surface area contributed by atoms with Crippen LogP contribution < -0.4 is 4.74 Å². The smallest absolute Gasteiger partial charge is 0.293 e. The number of carbonyl (C=O) groups excluding carboxylic acids is 1. The van der Waals surface area contributed by atoms with E-state index in [1.807, 2.05) is 49.4 Å². The number of aryl methyl sites for hydroxylation is 1. The lowest BCUT2D eigenvalue weighted by molar-refractivity contribution is -0.152. The van der Waals surface area contributed by atoms with Crippen molar-refractivity contribution in [2.75, 3.05) is 6.61 Å². The van der Waals surface area contributed by atoms with Gasteiger partial charge in [0, 0.05) is 30.7 Å². The highest BCUT2D eigenvalue weighted by Crippen LogP contribution is 2.38. The normalized spacial score (nSPS) is 14.8.